The topological polar surface area (TPSA) is 86.2 Å². The van der Waals surface area contributed by atoms with E-state index in [-0.39, 0.29) is 4.96 Å². The summed E-state index contributed by atoms with van der Waals surface area (Å²) in [4.78, 5) is 11.0. The number of benzene rings is 1. The second-order valence-electron chi connectivity index (χ2n) is 4.06. The van der Waals surface area contributed by atoms with E-state index in [9.17, 15) is 18.0 Å². The molecule has 2 aromatic heterocycles. The van der Waals surface area contributed by atoms with Crippen molar-refractivity contribution in [2.45, 2.75) is 6.18 Å². The zero-order valence-corrected chi connectivity index (χ0v) is 10.9. The molecule has 10 heteroatoms. The van der Waals surface area contributed by atoms with Gasteiger partial charge in [0.2, 0.25) is 10.9 Å². The fourth-order valence-corrected chi connectivity index (χ4v) is 2.53. The molecule has 2 heterocycles. The summed E-state index contributed by atoms with van der Waals surface area (Å²) in [6.07, 6.45) is -4.62. The highest BCUT2D eigenvalue weighted by Gasteiger charge is 2.38. The average molecular weight is 313 g/mol. The molecule has 0 unspecified atom stereocenters. The molecule has 0 aliphatic heterocycles. The van der Waals surface area contributed by atoms with E-state index in [1.165, 1.54) is 12.1 Å². The van der Waals surface area contributed by atoms with Gasteiger partial charge in [-0.1, -0.05) is 23.5 Å². The molecule has 1 aromatic carbocycles. The first-order chi connectivity index (χ1) is 9.86. The molecule has 0 fully saturated rings. The minimum atomic E-state index is -4.62. The van der Waals surface area contributed by atoms with Crippen LogP contribution in [0.5, 0.6) is 0 Å². The lowest BCUT2D eigenvalue weighted by molar-refractivity contribution is -0.146. The van der Waals surface area contributed by atoms with Crippen LogP contribution in [-0.2, 0) is 6.18 Å². The van der Waals surface area contributed by atoms with Gasteiger partial charge >= 0.3 is 6.18 Å². The molecule has 0 aliphatic carbocycles. The summed E-state index contributed by atoms with van der Waals surface area (Å²) >= 11 is 0.964. The predicted molar refractivity (Wildman–Crippen MR) is 67.6 cm³/mol. The molecule has 0 aliphatic rings. The maximum absolute atomic E-state index is 12.7. The van der Waals surface area contributed by atoms with Crippen molar-refractivity contribution in [2.75, 3.05) is 0 Å². The molecule has 3 rings (SSSR count). The van der Waals surface area contributed by atoms with E-state index >= 15 is 0 Å². The van der Waals surface area contributed by atoms with Gasteiger partial charge in [0, 0.05) is 11.1 Å². The Hall–Kier alpha value is -2.49. The summed E-state index contributed by atoms with van der Waals surface area (Å²) in [6, 6.07) is 6.06. The number of primary amides is 1. The normalized spacial score (nSPS) is 12.0. The van der Waals surface area contributed by atoms with Crippen LogP contribution in [0, 0.1) is 0 Å². The smallest absolute Gasteiger partial charge is 0.366 e. The van der Waals surface area contributed by atoms with Gasteiger partial charge in [-0.15, -0.1) is 10.2 Å². The first-order valence-corrected chi connectivity index (χ1v) is 6.37. The van der Waals surface area contributed by atoms with Gasteiger partial charge < -0.3 is 5.73 Å². The maximum Gasteiger partial charge on any atom is 0.453 e. The van der Waals surface area contributed by atoms with Crippen molar-refractivity contribution in [3.8, 4) is 10.6 Å². The van der Waals surface area contributed by atoms with Gasteiger partial charge in [-0.2, -0.15) is 22.8 Å². The molecular formula is C11H6F3N5OS. The third kappa shape index (κ3) is 2.33. The lowest BCUT2D eigenvalue weighted by Crippen LogP contribution is -2.11. The molecule has 3 aromatic rings. The molecule has 0 saturated heterocycles. The zero-order valence-electron chi connectivity index (χ0n) is 10.1. The van der Waals surface area contributed by atoms with Crippen molar-refractivity contribution in [2.24, 2.45) is 5.73 Å². The number of amides is 1. The van der Waals surface area contributed by atoms with Crippen molar-refractivity contribution in [3.05, 3.63) is 35.7 Å². The number of nitrogens with two attached hydrogens (primary N) is 1. The van der Waals surface area contributed by atoms with Crippen molar-refractivity contribution >= 4 is 22.2 Å². The van der Waals surface area contributed by atoms with Gasteiger partial charge in [-0.05, 0) is 12.1 Å². The van der Waals surface area contributed by atoms with Gasteiger partial charge in [-0.3, -0.25) is 4.79 Å². The Bertz CT molecular complexity index is 821. The number of alkyl halides is 3. The lowest BCUT2D eigenvalue weighted by Gasteiger charge is -2.00. The van der Waals surface area contributed by atoms with Crippen LogP contribution in [0.25, 0.3) is 15.5 Å². The molecule has 0 saturated carbocycles. The SMILES string of the molecule is NC(=O)c1ccc(-c2nn3c(C(F)(F)F)nnc3s2)cc1. The first kappa shape index (κ1) is 13.5. The molecule has 1 amide bonds. The van der Waals surface area contributed by atoms with Crippen LogP contribution in [0.3, 0.4) is 0 Å². The van der Waals surface area contributed by atoms with E-state index in [1.54, 1.807) is 12.1 Å². The minimum Gasteiger partial charge on any atom is -0.366 e. The number of nitrogens with zero attached hydrogens (tertiary/aromatic N) is 4. The van der Waals surface area contributed by atoms with Crippen molar-refractivity contribution < 1.29 is 18.0 Å². The van der Waals surface area contributed by atoms with Gasteiger partial charge in [0.25, 0.3) is 5.82 Å². The highest BCUT2D eigenvalue weighted by molar-refractivity contribution is 7.19. The summed E-state index contributed by atoms with van der Waals surface area (Å²) in [7, 11) is 0. The van der Waals surface area contributed by atoms with E-state index in [4.69, 9.17) is 5.73 Å². The molecule has 108 valence electrons. The van der Waals surface area contributed by atoms with E-state index in [0.717, 1.165) is 11.3 Å². The molecule has 0 bridgehead atoms. The quantitative estimate of drug-likeness (QED) is 0.783. The van der Waals surface area contributed by atoms with E-state index in [1.807, 2.05) is 0 Å². The number of halogens is 3. The number of carbonyl (C=O) groups is 1. The minimum absolute atomic E-state index is 0.0382. The van der Waals surface area contributed by atoms with Crippen molar-refractivity contribution in [1.29, 1.82) is 0 Å². The molecular weight excluding hydrogens is 307 g/mol. The third-order valence-corrected chi connectivity index (χ3v) is 3.61. The van der Waals surface area contributed by atoms with Crippen molar-refractivity contribution in [1.82, 2.24) is 19.8 Å². The number of aromatic nitrogens is 4. The summed E-state index contributed by atoms with van der Waals surface area (Å²) in [6.45, 7) is 0. The Morgan fingerprint density at radius 2 is 1.86 bits per heavy atom. The Balaban J connectivity index is 2.05. The Morgan fingerprint density at radius 3 is 2.43 bits per heavy atom. The molecule has 0 atom stereocenters. The first-order valence-electron chi connectivity index (χ1n) is 5.56. The van der Waals surface area contributed by atoms with Crippen LogP contribution in [0.2, 0.25) is 0 Å². The highest BCUT2D eigenvalue weighted by Crippen LogP contribution is 2.31. The van der Waals surface area contributed by atoms with Gasteiger partial charge in [-0.25, -0.2) is 0 Å². The number of fused-ring (bicyclic) bond motifs is 1. The Kier molecular flexibility index (Phi) is 2.90. The van der Waals surface area contributed by atoms with E-state index in [2.05, 4.69) is 15.3 Å². The predicted octanol–water partition coefficient (Wildman–Crippen LogP) is 1.97. The monoisotopic (exact) mass is 313 g/mol. The molecule has 0 spiro atoms. The van der Waals surface area contributed by atoms with E-state index in [0.29, 0.717) is 20.6 Å². The number of carbonyl (C=O) groups excluding carboxylic acids is 1. The molecule has 21 heavy (non-hydrogen) atoms. The standard InChI is InChI=1S/C11H6F3N5OS/c12-11(13,14)9-16-17-10-19(9)18-8(21-10)6-3-1-5(2-4-6)7(15)20/h1-4H,(H2,15,20). The lowest BCUT2D eigenvalue weighted by atomic mass is 10.1. The van der Waals surface area contributed by atoms with Crippen molar-refractivity contribution in [3.63, 3.8) is 0 Å². The summed E-state index contributed by atoms with van der Waals surface area (Å²) in [5.41, 5.74) is 5.98. The number of rotatable bonds is 2. The summed E-state index contributed by atoms with van der Waals surface area (Å²) in [5.74, 6) is -1.76. The van der Waals surface area contributed by atoms with Crippen LogP contribution in [0.1, 0.15) is 16.2 Å². The molecule has 6 nitrogen and oxygen atoms in total. The van der Waals surface area contributed by atoms with E-state index < -0.39 is 17.9 Å². The highest BCUT2D eigenvalue weighted by atomic mass is 32.1. The summed E-state index contributed by atoms with van der Waals surface area (Å²) in [5, 5.41) is 10.7. The largest absolute Gasteiger partial charge is 0.453 e. The fourth-order valence-electron chi connectivity index (χ4n) is 1.69. The molecule has 0 radical (unpaired) electrons. The number of hydrogen-bond acceptors (Lipinski definition) is 5. The average Bonchev–Trinajstić information content (AvgIpc) is 2.96. The van der Waals surface area contributed by atoms with Crippen LogP contribution >= 0.6 is 11.3 Å². The van der Waals surface area contributed by atoms with Crippen LogP contribution in [0.4, 0.5) is 13.2 Å². The van der Waals surface area contributed by atoms with Crippen LogP contribution in [-0.4, -0.2) is 25.7 Å². The second-order valence-corrected chi connectivity index (χ2v) is 5.02. The maximum atomic E-state index is 12.7. The Labute approximate surface area is 119 Å². The fraction of sp³-hybridized carbons (Fsp3) is 0.0909. The Morgan fingerprint density at radius 1 is 1.19 bits per heavy atom. The van der Waals surface area contributed by atoms with Gasteiger partial charge in [0.05, 0.1) is 0 Å². The number of hydrogen-bond donors (Lipinski definition) is 1. The van der Waals surface area contributed by atoms with Crippen LogP contribution < -0.4 is 5.73 Å². The van der Waals surface area contributed by atoms with Gasteiger partial charge in [0.15, 0.2) is 0 Å². The second kappa shape index (κ2) is 4.52. The zero-order chi connectivity index (χ0) is 15.2. The van der Waals surface area contributed by atoms with Crippen LogP contribution in [0.15, 0.2) is 24.3 Å². The third-order valence-electron chi connectivity index (χ3n) is 2.66. The summed E-state index contributed by atoms with van der Waals surface area (Å²) < 4.78 is 38.7. The molecule has 2 N–H and O–H groups in total. The van der Waals surface area contributed by atoms with Gasteiger partial charge in [0.1, 0.15) is 5.01 Å².